The lowest BCUT2D eigenvalue weighted by Crippen LogP contribution is -2.48. The van der Waals surface area contributed by atoms with Crippen molar-refractivity contribution in [2.75, 3.05) is 32.7 Å². The molecule has 1 fully saturated rings. The Labute approximate surface area is 115 Å². The zero-order valence-electron chi connectivity index (χ0n) is 11.6. The number of piperazine rings is 1. The molecule has 1 amide bonds. The molecule has 0 spiro atoms. The molecule has 1 saturated heterocycles. The number of hydrogen-bond acceptors (Lipinski definition) is 3. The van der Waals surface area contributed by atoms with Gasteiger partial charge in [0.2, 0.25) is 5.91 Å². The average Bonchev–Trinajstić information content (AvgIpc) is 2.41. The number of hydrogen-bond donors (Lipinski definition) is 1. The van der Waals surface area contributed by atoms with E-state index < -0.39 is 0 Å². The van der Waals surface area contributed by atoms with Crippen LogP contribution < -0.4 is 5.73 Å². The third-order valence-corrected chi connectivity index (χ3v) is 3.68. The van der Waals surface area contributed by atoms with Crippen LogP contribution in [0, 0.1) is 0 Å². The lowest BCUT2D eigenvalue weighted by Gasteiger charge is -2.34. The predicted molar refractivity (Wildman–Crippen MR) is 76.7 cm³/mol. The quantitative estimate of drug-likeness (QED) is 0.855. The highest BCUT2D eigenvalue weighted by atomic mass is 16.1. The molecule has 1 aromatic carbocycles. The molecule has 0 radical (unpaired) electrons. The van der Waals surface area contributed by atoms with E-state index >= 15 is 0 Å². The number of aryl methyl sites for hydroxylation is 1. The van der Waals surface area contributed by atoms with Crippen molar-refractivity contribution in [3.8, 4) is 0 Å². The minimum absolute atomic E-state index is 0.233. The zero-order chi connectivity index (χ0) is 13.7. The predicted octanol–water partition coefficient (Wildman–Crippen LogP) is 0.852. The van der Waals surface area contributed by atoms with E-state index in [9.17, 15) is 4.79 Å². The van der Waals surface area contributed by atoms with E-state index in [-0.39, 0.29) is 5.91 Å². The summed E-state index contributed by atoms with van der Waals surface area (Å²) in [7, 11) is 0. The number of carbonyl (C=O) groups is 1. The topological polar surface area (TPSA) is 49.6 Å². The Balaban J connectivity index is 1.80. The van der Waals surface area contributed by atoms with Crippen molar-refractivity contribution in [1.29, 1.82) is 0 Å². The van der Waals surface area contributed by atoms with E-state index in [1.807, 2.05) is 0 Å². The number of rotatable bonds is 5. The monoisotopic (exact) mass is 261 g/mol. The van der Waals surface area contributed by atoms with Crippen LogP contribution in [0.4, 0.5) is 0 Å². The Hall–Kier alpha value is -1.39. The fourth-order valence-electron chi connectivity index (χ4n) is 2.46. The van der Waals surface area contributed by atoms with Gasteiger partial charge in [0, 0.05) is 32.7 Å². The van der Waals surface area contributed by atoms with Gasteiger partial charge in [-0.05, 0) is 17.5 Å². The molecule has 0 aliphatic carbocycles. The number of carbonyl (C=O) groups excluding carboxylic acids is 1. The molecule has 0 saturated carbocycles. The summed E-state index contributed by atoms with van der Waals surface area (Å²) >= 11 is 0. The molecule has 104 valence electrons. The fraction of sp³-hybridized carbons (Fsp3) is 0.533. The van der Waals surface area contributed by atoms with Crippen LogP contribution in [0.15, 0.2) is 24.3 Å². The number of nitrogens with zero attached hydrogens (tertiary/aromatic N) is 2. The number of primary amides is 1. The summed E-state index contributed by atoms with van der Waals surface area (Å²) in [6.07, 6.45) is 1.09. The highest BCUT2D eigenvalue weighted by Gasteiger charge is 2.17. The summed E-state index contributed by atoms with van der Waals surface area (Å²) in [6, 6.07) is 8.85. The lowest BCUT2D eigenvalue weighted by molar-refractivity contribution is -0.119. The molecule has 2 rings (SSSR count). The molecule has 0 aromatic heterocycles. The Morgan fingerprint density at radius 1 is 1.05 bits per heavy atom. The maximum atomic E-state index is 10.9. The van der Waals surface area contributed by atoms with Crippen molar-refractivity contribution in [1.82, 2.24) is 9.80 Å². The van der Waals surface area contributed by atoms with Crippen molar-refractivity contribution in [2.24, 2.45) is 5.73 Å². The standard InChI is InChI=1S/C15H23N3O/c1-2-13-3-5-14(6-4-13)11-17-7-9-18(10-8-17)12-15(16)19/h3-6H,2,7-12H2,1H3,(H2,16,19). The largest absolute Gasteiger partial charge is 0.369 e. The Kier molecular flexibility index (Phi) is 4.93. The smallest absolute Gasteiger partial charge is 0.231 e. The van der Waals surface area contributed by atoms with Gasteiger partial charge in [0.05, 0.1) is 6.54 Å². The molecule has 2 N–H and O–H groups in total. The van der Waals surface area contributed by atoms with Crippen LogP contribution in [0.5, 0.6) is 0 Å². The lowest BCUT2D eigenvalue weighted by atomic mass is 10.1. The first kappa shape index (κ1) is 14.0. The van der Waals surface area contributed by atoms with E-state index in [2.05, 4.69) is 41.0 Å². The summed E-state index contributed by atoms with van der Waals surface area (Å²) in [5.41, 5.74) is 7.96. The second-order valence-corrected chi connectivity index (χ2v) is 5.19. The van der Waals surface area contributed by atoms with Gasteiger partial charge in [0.15, 0.2) is 0 Å². The molecule has 0 unspecified atom stereocenters. The van der Waals surface area contributed by atoms with Gasteiger partial charge in [-0.1, -0.05) is 31.2 Å². The minimum atomic E-state index is -0.233. The molecule has 4 nitrogen and oxygen atoms in total. The van der Waals surface area contributed by atoms with E-state index in [0.717, 1.165) is 39.1 Å². The highest BCUT2D eigenvalue weighted by molar-refractivity contribution is 5.75. The van der Waals surface area contributed by atoms with Gasteiger partial charge in [0.25, 0.3) is 0 Å². The summed E-state index contributed by atoms with van der Waals surface area (Å²) in [6.45, 7) is 7.41. The summed E-state index contributed by atoms with van der Waals surface area (Å²) in [5.74, 6) is -0.233. The second-order valence-electron chi connectivity index (χ2n) is 5.19. The van der Waals surface area contributed by atoms with E-state index in [0.29, 0.717) is 6.54 Å². The Bertz CT molecular complexity index is 408. The van der Waals surface area contributed by atoms with Gasteiger partial charge in [-0.3, -0.25) is 14.6 Å². The van der Waals surface area contributed by atoms with Crippen LogP contribution in [0.25, 0.3) is 0 Å². The van der Waals surface area contributed by atoms with E-state index in [1.165, 1.54) is 11.1 Å². The number of benzene rings is 1. The van der Waals surface area contributed by atoms with Crippen molar-refractivity contribution in [3.63, 3.8) is 0 Å². The zero-order valence-corrected chi connectivity index (χ0v) is 11.6. The Morgan fingerprint density at radius 2 is 1.58 bits per heavy atom. The van der Waals surface area contributed by atoms with Crippen LogP contribution in [0.3, 0.4) is 0 Å². The second kappa shape index (κ2) is 6.68. The molecule has 19 heavy (non-hydrogen) atoms. The molecule has 0 bridgehead atoms. The molecular formula is C15H23N3O. The van der Waals surface area contributed by atoms with E-state index in [4.69, 9.17) is 5.73 Å². The first-order valence-electron chi connectivity index (χ1n) is 6.98. The molecule has 4 heteroatoms. The average molecular weight is 261 g/mol. The van der Waals surface area contributed by atoms with Crippen LogP contribution in [0.1, 0.15) is 18.1 Å². The van der Waals surface area contributed by atoms with Crippen molar-refractivity contribution < 1.29 is 4.79 Å². The summed E-state index contributed by atoms with van der Waals surface area (Å²) in [5, 5.41) is 0. The van der Waals surface area contributed by atoms with Gasteiger partial charge < -0.3 is 5.73 Å². The maximum absolute atomic E-state index is 10.9. The third kappa shape index (κ3) is 4.33. The van der Waals surface area contributed by atoms with Crippen molar-refractivity contribution in [3.05, 3.63) is 35.4 Å². The third-order valence-electron chi connectivity index (χ3n) is 3.68. The van der Waals surface area contributed by atoms with Crippen LogP contribution in [-0.2, 0) is 17.8 Å². The van der Waals surface area contributed by atoms with Gasteiger partial charge in [-0.15, -0.1) is 0 Å². The van der Waals surface area contributed by atoms with Crippen molar-refractivity contribution in [2.45, 2.75) is 19.9 Å². The minimum Gasteiger partial charge on any atom is -0.369 e. The SMILES string of the molecule is CCc1ccc(CN2CCN(CC(N)=O)CC2)cc1. The van der Waals surface area contributed by atoms with Crippen molar-refractivity contribution >= 4 is 5.91 Å². The molecule has 0 atom stereocenters. The molecular weight excluding hydrogens is 238 g/mol. The summed E-state index contributed by atoms with van der Waals surface area (Å²) < 4.78 is 0. The van der Waals surface area contributed by atoms with Crippen LogP contribution >= 0.6 is 0 Å². The molecule has 1 aromatic rings. The maximum Gasteiger partial charge on any atom is 0.231 e. The molecule has 1 aliphatic rings. The van der Waals surface area contributed by atoms with Crippen LogP contribution in [-0.4, -0.2) is 48.4 Å². The van der Waals surface area contributed by atoms with E-state index in [1.54, 1.807) is 0 Å². The Morgan fingerprint density at radius 3 is 2.11 bits per heavy atom. The molecule has 1 aliphatic heterocycles. The molecule has 1 heterocycles. The highest BCUT2D eigenvalue weighted by Crippen LogP contribution is 2.10. The van der Waals surface area contributed by atoms with Gasteiger partial charge >= 0.3 is 0 Å². The number of amides is 1. The van der Waals surface area contributed by atoms with Gasteiger partial charge in [-0.2, -0.15) is 0 Å². The summed E-state index contributed by atoms with van der Waals surface area (Å²) in [4.78, 5) is 15.4. The first-order chi connectivity index (χ1) is 9.17. The first-order valence-corrected chi connectivity index (χ1v) is 6.98. The normalized spacial score (nSPS) is 17.5. The number of nitrogens with two attached hydrogens (primary N) is 1. The fourth-order valence-corrected chi connectivity index (χ4v) is 2.46. The van der Waals surface area contributed by atoms with Gasteiger partial charge in [0.1, 0.15) is 0 Å². The van der Waals surface area contributed by atoms with Crippen LogP contribution in [0.2, 0.25) is 0 Å². The van der Waals surface area contributed by atoms with Gasteiger partial charge in [-0.25, -0.2) is 0 Å².